The van der Waals surface area contributed by atoms with Gasteiger partial charge in [-0.15, -0.1) is 0 Å². The van der Waals surface area contributed by atoms with E-state index in [9.17, 15) is 8.42 Å². The van der Waals surface area contributed by atoms with E-state index in [-0.39, 0.29) is 11.8 Å². The van der Waals surface area contributed by atoms with Crippen molar-refractivity contribution in [3.8, 4) is 0 Å². The summed E-state index contributed by atoms with van der Waals surface area (Å²) in [6.45, 7) is 6.68. The molecular formula is C13H26N4O2S. The minimum atomic E-state index is -3.14. The highest BCUT2D eigenvalue weighted by atomic mass is 32.2. The predicted molar refractivity (Wildman–Crippen MR) is 79.2 cm³/mol. The molecule has 2 N–H and O–H groups in total. The molecule has 6 nitrogen and oxygen atoms in total. The van der Waals surface area contributed by atoms with E-state index in [1.165, 1.54) is 6.42 Å². The molecule has 3 saturated heterocycles. The largest absolute Gasteiger partial charge is 0.314 e. The summed E-state index contributed by atoms with van der Waals surface area (Å²) in [5.74, 6) is 0.232. The van der Waals surface area contributed by atoms with Crippen LogP contribution in [0.25, 0.3) is 0 Å². The van der Waals surface area contributed by atoms with Crippen molar-refractivity contribution in [2.24, 2.45) is 0 Å². The van der Waals surface area contributed by atoms with Crippen molar-refractivity contribution < 1.29 is 8.42 Å². The van der Waals surface area contributed by atoms with Gasteiger partial charge >= 0.3 is 0 Å². The zero-order valence-corrected chi connectivity index (χ0v) is 12.9. The first-order chi connectivity index (χ1) is 9.64. The molecule has 0 saturated carbocycles. The van der Waals surface area contributed by atoms with Gasteiger partial charge in [0.25, 0.3) is 0 Å². The first-order valence-corrected chi connectivity index (χ1v) is 9.46. The number of piperazine rings is 1. The van der Waals surface area contributed by atoms with E-state index >= 15 is 0 Å². The second kappa shape index (κ2) is 6.27. The van der Waals surface area contributed by atoms with E-state index < -0.39 is 10.0 Å². The van der Waals surface area contributed by atoms with Crippen LogP contribution in [0.5, 0.6) is 0 Å². The van der Waals surface area contributed by atoms with Crippen LogP contribution in [0.3, 0.4) is 0 Å². The lowest BCUT2D eigenvalue weighted by Crippen LogP contribution is -2.48. The van der Waals surface area contributed by atoms with Gasteiger partial charge in [0.05, 0.1) is 5.75 Å². The van der Waals surface area contributed by atoms with Crippen molar-refractivity contribution in [2.75, 3.05) is 51.6 Å². The van der Waals surface area contributed by atoms with Gasteiger partial charge in [-0.05, 0) is 25.8 Å². The van der Waals surface area contributed by atoms with Gasteiger partial charge in [0.2, 0.25) is 10.0 Å². The molecule has 0 aliphatic carbocycles. The fourth-order valence-corrected chi connectivity index (χ4v) is 5.05. The van der Waals surface area contributed by atoms with Crippen molar-refractivity contribution in [3.63, 3.8) is 0 Å². The van der Waals surface area contributed by atoms with E-state index in [1.54, 1.807) is 0 Å². The smallest absolute Gasteiger partial charge is 0.213 e. The SMILES string of the molecule is O=S(=O)(CCN1CCNCC1)NC1CCN2CCCC12. The summed E-state index contributed by atoms with van der Waals surface area (Å²) in [7, 11) is -3.14. The van der Waals surface area contributed by atoms with Crippen molar-refractivity contribution >= 4 is 10.0 Å². The van der Waals surface area contributed by atoms with Gasteiger partial charge in [0.1, 0.15) is 0 Å². The highest BCUT2D eigenvalue weighted by Gasteiger charge is 2.38. The van der Waals surface area contributed by atoms with Crippen LogP contribution in [-0.4, -0.2) is 81.9 Å². The maximum absolute atomic E-state index is 12.2. The van der Waals surface area contributed by atoms with Crippen molar-refractivity contribution in [2.45, 2.75) is 31.3 Å². The van der Waals surface area contributed by atoms with Gasteiger partial charge in [-0.1, -0.05) is 0 Å². The van der Waals surface area contributed by atoms with Gasteiger partial charge in [-0.3, -0.25) is 9.80 Å². The summed E-state index contributed by atoms with van der Waals surface area (Å²) < 4.78 is 27.4. The minimum Gasteiger partial charge on any atom is -0.314 e. The van der Waals surface area contributed by atoms with Gasteiger partial charge in [0.15, 0.2) is 0 Å². The monoisotopic (exact) mass is 302 g/mol. The molecule has 20 heavy (non-hydrogen) atoms. The molecule has 0 spiro atoms. The highest BCUT2D eigenvalue weighted by Crippen LogP contribution is 2.28. The van der Waals surface area contributed by atoms with Crippen LogP contribution in [-0.2, 0) is 10.0 Å². The Bertz CT molecular complexity index is 422. The second-order valence-electron chi connectivity index (χ2n) is 6.17. The standard InChI is InChI=1S/C13H26N4O2S/c18-20(19,11-10-16-8-4-14-5-9-16)15-12-3-7-17-6-1-2-13(12)17/h12-15H,1-11H2. The molecular weight excluding hydrogens is 276 g/mol. The number of hydrogen-bond acceptors (Lipinski definition) is 5. The summed E-state index contributed by atoms with van der Waals surface area (Å²) >= 11 is 0. The average Bonchev–Trinajstić information content (AvgIpc) is 3.03. The molecule has 0 aromatic rings. The molecule has 0 amide bonds. The molecule has 3 heterocycles. The molecule has 116 valence electrons. The van der Waals surface area contributed by atoms with Gasteiger partial charge in [0, 0.05) is 51.4 Å². The summed E-state index contributed by atoms with van der Waals surface area (Å²) in [6.07, 6.45) is 3.33. The van der Waals surface area contributed by atoms with E-state index in [0.717, 1.165) is 52.1 Å². The Morgan fingerprint density at radius 2 is 1.90 bits per heavy atom. The number of sulfonamides is 1. The molecule has 3 aliphatic rings. The molecule has 0 bridgehead atoms. The Morgan fingerprint density at radius 3 is 2.70 bits per heavy atom. The fraction of sp³-hybridized carbons (Fsp3) is 1.00. The van der Waals surface area contributed by atoms with Crippen LogP contribution in [0.15, 0.2) is 0 Å². The van der Waals surface area contributed by atoms with Gasteiger partial charge in [-0.25, -0.2) is 13.1 Å². The molecule has 0 aromatic heterocycles. The van der Waals surface area contributed by atoms with Crippen LogP contribution in [0.2, 0.25) is 0 Å². The zero-order chi connectivity index (χ0) is 14.0. The summed E-state index contributed by atoms with van der Waals surface area (Å²) in [5.41, 5.74) is 0. The zero-order valence-electron chi connectivity index (χ0n) is 12.1. The minimum absolute atomic E-state index is 0.144. The predicted octanol–water partition coefficient (Wildman–Crippen LogP) is -0.952. The lowest BCUT2D eigenvalue weighted by Gasteiger charge is -2.27. The number of rotatable bonds is 5. The molecule has 3 rings (SSSR count). The Hall–Kier alpha value is -0.210. The third kappa shape index (κ3) is 3.51. The van der Waals surface area contributed by atoms with Crippen LogP contribution < -0.4 is 10.0 Å². The molecule has 7 heteroatoms. The summed E-state index contributed by atoms with van der Waals surface area (Å²) in [4.78, 5) is 4.66. The maximum Gasteiger partial charge on any atom is 0.213 e. The topological polar surface area (TPSA) is 64.7 Å². The van der Waals surface area contributed by atoms with Crippen molar-refractivity contribution in [1.82, 2.24) is 19.8 Å². The fourth-order valence-electron chi connectivity index (χ4n) is 3.69. The first-order valence-electron chi connectivity index (χ1n) is 7.81. The van der Waals surface area contributed by atoms with Crippen LogP contribution in [0.1, 0.15) is 19.3 Å². The molecule has 3 fully saturated rings. The molecule has 0 radical (unpaired) electrons. The molecule has 2 atom stereocenters. The van der Waals surface area contributed by atoms with E-state index in [1.807, 2.05) is 0 Å². The quantitative estimate of drug-likeness (QED) is 0.685. The summed E-state index contributed by atoms with van der Waals surface area (Å²) in [5, 5.41) is 3.28. The van der Waals surface area contributed by atoms with E-state index in [2.05, 4.69) is 19.8 Å². The highest BCUT2D eigenvalue weighted by molar-refractivity contribution is 7.89. The average molecular weight is 302 g/mol. The molecule has 0 aromatic carbocycles. The number of nitrogens with zero attached hydrogens (tertiary/aromatic N) is 2. The lowest BCUT2D eigenvalue weighted by atomic mass is 10.1. The Morgan fingerprint density at radius 1 is 1.10 bits per heavy atom. The van der Waals surface area contributed by atoms with Crippen LogP contribution in [0, 0.1) is 0 Å². The number of hydrogen-bond donors (Lipinski definition) is 2. The van der Waals surface area contributed by atoms with Crippen LogP contribution in [0.4, 0.5) is 0 Å². The van der Waals surface area contributed by atoms with E-state index in [0.29, 0.717) is 12.6 Å². The van der Waals surface area contributed by atoms with Crippen LogP contribution >= 0.6 is 0 Å². The Balaban J connectivity index is 1.48. The Labute approximate surface area is 121 Å². The summed E-state index contributed by atoms with van der Waals surface area (Å²) in [6, 6.07) is 0.592. The van der Waals surface area contributed by atoms with Gasteiger partial charge < -0.3 is 5.32 Å². The van der Waals surface area contributed by atoms with Crippen molar-refractivity contribution in [3.05, 3.63) is 0 Å². The third-order valence-electron chi connectivity index (χ3n) is 4.82. The maximum atomic E-state index is 12.2. The third-order valence-corrected chi connectivity index (χ3v) is 6.20. The lowest BCUT2D eigenvalue weighted by molar-refractivity contribution is 0.253. The molecule has 3 aliphatic heterocycles. The van der Waals surface area contributed by atoms with Gasteiger partial charge in [-0.2, -0.15) is 0 Å². The first kappa shape index (κ1) is 14.7. The van der Waals surface area contributed by atoms with E-state index in [4.69, 9.17) is 0 Å². The second-order valence-corrected chi connectivity index (χ2v) is 8.04. The number of fused-ring (bicyclic) bond motifs is 1. The molecule has 2 unspecified atom stereocenters. The van der Waals surface area contributed by atoms with Crippen molar-refractivity contribution in [1.29, 1.82) is 0 Å². The number of nitrogens with one attached hydrogen (secondary N) is 2. The Kier molecular flexibility index (Phi) is 4.62. The normalized spacial score (nSPS) is 32.6.